The quantitative estimate of drug-likeness (QED) is 0.182. The van der Waals surface area contributed by atoms with Crippen LogP contribution in [0.2, 0.25) is 0 Å². The molecule has 0 saturated carbocycles. The Balaban J connectivity index is 1.42. The number of carbonyl (C=O) groups is 1. The molecular weight excluding hydrogens is 568 g/mol. The van der Waals surface area contributed by atoms with E-state index in [1.807, 2.05) is 48.5 Å². The molecular formula is C28H29BrN4O2S2. The first-order valence-electron chi connectivity index (χ1n) is 12.6. The van der Waals surface area contributed by atoms with Crippen molar-refractivity contribution < 1.29 is 4.79 Å². The van der Waals surface area contributed by atoms with E-state index in [0.717, 1.165) is 76.1 Å². The summed E-state index contributed by atoms with van der Waals surface area (Å²) in [5.41, 5.74) is 3.74. The number of aryl methyl sites for hydroxylation is 2. The molecule has 1 aliphatic carbocycles. The summed E-state index contributed by atoms with van der Waals surface area (Å²) in [5.74, 6) is 0.0138. The van der Waals surface area contributed by atoms with E-state index in [-0.39, 0.29) is 17.2 Å². The number of hydrogen-bond donors (Lipinski definition) is 1. The maximum Gasteiger partial charge on any atom is 0.267 e. The fourth-order valence-corrected chi connectivity index (χ4v) is 7.15. The molecule has 0 saturated heterocycles. The number of thioether (sulfide) groups is 1. The highest BCUT2D eigenvalue weighted by Gasteiger charge is 2.23. The van der Waals surface area contributed by atoms with Crippen LogP contribution in [0.5, 0.6) is 0 Å². The molecule has 0 atom stereocenters. The molecule has 0 aliphatic heterocycles. The first-order chi connectivity index (χ1) is 18.0. The minimum atomic E-state index is -0.136. The number of anilines is 2. The molecule has 0 fully saturated rings. The average molecular weight is 598 g/mol. The van der Waals surface area contributed by atoms with Gasteiger partial charge in [0, 0.05) is 33.8 Å². The summed E-state index contributed by atoms with van der Waals surface area (Å²) in [6.07, 6.45) is 4.18. The molecule has 2 heterocycles. The van der Waals surface area contributed by atoms with Crippen molar-refractivity contribution in [3.05, 3.63) is 73.8 Å². The van der Waals surface area contributed by atoms with Crippen LogP contribution in [0.1, 0.15) is 37.1 Å². The zero-order valence-electron chi connectivity index (χ0n) is 20.9. The molecule has 0 radical (unpaired) electrons. The van der Waals surface area contributed by atoms with Gasteiger partial charge in [-0.05, 0) is 93.6 Å². The van der Waals surface area contributed by atoms with Crippen LogP contribution in [-0.4, -0.2) is 34.3 Å². The smallest absolute Gasteiger partial charge is 0.267 e. The number of nitrogens with zero attached hydrogens (tertiary/aromatic N) is 3. The predicted octanol–water partition coefficient (Wildman–Crippen LogP) is 6.67. The third-order valence-corrected chi connectivity index (χ3v) is 9.31. The van der Waals surface area contributed by atoms with Crippen LogP contribution in [0.15, 0.2) is 63.0 Å². The summed E-state index contributed by atoms with van der Waals surface area (Å²) >= 11 is 6.40. The first-order valence-corrected chi connectivity index (χ1v) is 15.2. The van der Waals surface area contributed by atoms with Crippen molar-refractivity contribution >= 4 is 66.5 Å². The number of benzene rings is 2. The van der Waals surface area contributed by atoms with Crippen LogP contribution in [0.4, 0.5) is 11.4 Å². The molecule has 6 nitrogen and oxygen atoms in total. The number of fused-ring (bicyclic) bond motifs is 3. The van der Waals surface area contributed by atoms with E-state index in [2.05, 4.69) is 40.0 Å². The third kappa shape index (κ3) is 5.49. The van der Waals surface area contributed by atoms with Gasteiger partial charge in [0.25, 0.3) is 5.56 Å². The van der Waals surface area contributed by atoms with Crippen molar-refractivity contribution in [1.82, 2.24) is 9.55 Å². The number of aromatic nitrogens is 2. The van der Waals surface area contributed by atoms with Gasteiger partial charge >= 0.3 is 0 Å². The molecule has 1 amide bonds. The largest absolute Gasteiger partial charge is 0.372 e. The Labute approximate surface area is 233 Å². The maximum absolute atomic E-state index is 13.8. The van der Waals surface area contributed by atoms with E-state index in [4.69, 9.17) is 4.98 Å². The minimum Gasteiger partial charge on any atom is -0.372 e. The van der Waals surface area contributed by atoms with E-state index in [9.17, 15) is 9.59 Å². The zero-order chi connectivity index (χ0) is 25.9. The second-order valence-electron chi connectivity index (χ2n) is 8.96. The Kier molecular flexibility index (Phi) is 8.02. The Morgan fingerprint density at radius 3 is 2.49 bits per heavy atom. The maximum atomic E-state index is 13.8. The van der Waals surface area contributed by atoms with E-state index in [1.54, 1.807) is 15.9 Å². The summed E-state index contributed by atoms with van der Waals surface area (Å²) in [6, 6.07) is 15.5. The fourth-order valence-electron chi connectivity index (χ4n) is 4.77. The van der Waals surface area contributed by atoms with Crippen molar-refractivity contribution in [3.63, 3.8) is 0 Å². The molecule has 0 spiro atoms. The van der Waals surface area contributed by atoms with Crippen LogP contribution in [0.25, 0.3) is 15.9 Å². The van der Waals surface area contributed by atoms with Crippen molar-refractivity contribution in [2.45, 2.75) is 44.7 Å². The summed E-state index contributed by atoms with van der Waals surface area (Å²) in [7, 11) is 0. The molecule has 4 aromatic rings. The number of nitrogens with one attached hydrogen (secondary N) is 1. The Hall–Kier alpha value is -2.62. The van der Waals surface area contributed by atoms with E-state index >= 15 is 0 Å². The second kappa shape index (κ2) is 11.4. The first kappa shape index (κ1) is 26.0. The van der Waals surface area contributed by atoms with Gasteiger partial charge in [-0.25, -0.2) is 4.98 Å². The van der Waals surface area contributed by atoms with Gasteiger partial charge in [-0.15, -0.1) is 11.3 Å². The second-order valence-corrected chi connectivity index (χ2v) is 11.9. The Morgan fingerprint density at radius 1 is 1.08 bits per heavy atom. The van der Waals surface area contributed by atoms with Gasteiger partial charge in [-0.2, -0.15) is 0 Å². The molecule has 0 unspecified atom stereocenters. The average Bonchev–Trinajstić information content (AvgIpc) is 3.29. The molecule has 0 bridgehead atoms. The monoisotopic (exact) mass is 596 g/mol. The normalized spacial score (nSPS) is 12.9. The molecule has 192 valence electrons. The lowest BCUT2D eigenvalue weighted by atomic mass is 9.97. The highest BCUT2D eigenvalue weighted by molar-refractivity contribution is 9.10. The van der Waals surface area contributed by atoms with E-state index in [1.165, 1.54) is 16.6 Å². The fraction of sp³-hybridized carbons (Fsp3) is 0.321. The van der Waals surface area contributed by atoms with Gasteiger partial charge in [-0.1, -0.05) is 27.7 Å². The highest BCUT2D eigenvalue weighted by Crippen LogP contribution is 2.35. The number of amides is 1. The molecule has 2 aromatic carbocycles. The van der Waals surface area contributed by atoms with E-state index in [0.29, 0.717) is 5.16 Å². The molecule has 1 N–H and O–H groups in total. The zero-order valence-corrected chi connectivity index (χ0v) is 24.1. The molecule has 37 heavy (non-hydrogen) atoms. The van der Waals surface area contributed by atoms with Crippen LogP contribution < -0.4 is 15.8 Å². The SMILES string of the molecule is CCN(CC)c1ccc(NC(=O)CSc2nc3sc4c(c3c(=O)n2-c2ccc(Br)cc2)CCCC4)cc1. The molecule has 1 aliphatic rings. The topological polar surface area (TPSA) is 67.2 Å². The van der Waals surface area contributed by atoms with Crippen LogP contribution in [0.3, 0.4) is 0 Å². The number of hydrogen-bond acceptors (Lipinski definition) is 6. The standard InChI is InChI=1S/C28H29BrN4O2S2/c1-3-32(4-2)20-15-11-19(12-16-20)30-24(34)17-36-28-31-26-25(22-7-5-6-8-23(22)37-26)27(35)33(28)21-13-9-18(29)10-14-21/h9-16H,3-8,17H2,1-2H3,(H,30,34). The van der Waals surface area contributed by atoms with Gasteiger partial charge in [0.05, 0.1) is 16.8 Å². The van der Waals surface area contributed by atoms with E-state index < -0.39 is 0 Å². The van der Waals surface area contributed by atoms with Crippen molar-refractivity contribution in [2.24, 2.45) is 0 Å². The van der Waals surface area contributed by atoms with Gasteiger partial charge in [-0.3, -0.25) is 14.2 Å². The van der Waals surface area contributed by atoms with Gasteiger partial charge in [0.15, 0.2) is 5.16 Å². The molecule has 9 heteroatoms. The summed E-state index contributed by atoms with van der Waals surface area (Å²) < 4.78 is 2.60. The van der Waals surface area contributed by atoms with Crippen LogP contribution in [0, 0.1) is 0 Å². The Morgan fingerprint density at radius 2 is 1.78 bits per heavy atom. The van der Waals surface area contributed by atoms with Crippen molar-refractivity contribution in [3.8, 4) is 5.69 Å². The van der Waals surface area contributed by atoms with Crippen LogP contribution in [-0.2, 0) is 17.6 Å². The molecule has 5 rings (SSSR count). The van der Waals surface area contributed by atoms with Gasteiger partial charge in [0.1, 0.15) is 4.83 Å². The predicted molar refractivity (Wildman–Crippen MR) is 159 cm³/mol. The third-order valence-electron chi connectivity index (χ3n) is 6.65. The number of rotatable bonds is 8. The number of halogens is 1. The summed E-state index contributed by atoms with van der Waals surface area (Å²) in [5, 5.41) is 4.25. The summed E-state index contributed by atoms with van der Waals surface area (Å²) in [6.45, 7) is 6.12. The minimum absolute atomic E-state index is 0.0541. The molecule has 2 aromatic heterocycles. The van der Waals surface area contributed by atoms with Crippen molar-refractivity contribution in [2.75, 3.05) is 29.1 Å². The Bertz CT molecular complexity index is 1480. The highest BCUT2D eigenvalue weighted by atomic mass is 79.9. The number of carbonyl (C=O) groups excluding carboxylic acids is 1. The van der Waals surface area contributed by atoms with Crippen molar-refractivity contribution in [1.29, 1.82) is 0 Å². The number of thiophene rings is 1. The lowest BCUT2D eigenvalue weighted by Crippen LogP contribution is -2.23. The van der Waals surface area contributed by atoms with Gasteiger partial charge < -0.3 is 10.2 Å². The summed E-state index contributed by atoms with van der Waals surface area (Å²) in [4.78, 5) is 35.9. The lowest BCUT2D eigenvalue weighted by molar-refractivity contribution is -0.113. The lowest BCUT2D eigenvalue weighted by Gasteiger charge is -2.21. The van der Waals surface area contributed by atoms with Gasteiger partial charge in [0.2, 0.25) is 5.91 Å². The van der Waals surface area contributed by atoms with Crippen LogP contribution >= 0.6 is 39.0 Å².